The Morgan fingerprint density at radius 2 is 2.00 bits per heavy atom. The Bertz CT molecular complexity index is 306. The van der Waals surface area contributed by atoms with E-state index in [-0.39, 0.29) is 17.2 Å². The van der Waals surface area contributed by atoms with Crippen molar-refractivity contribution < 1.29 is 14.3 Å². The predicted octanol–water partition coefficient (Wildman–Crippen LogP) is 0.819. The fraction of sp³-hybridized carbons (Fsp3) is 0.846. The van der Waals surface area contributed by atoms with Crippen LogP contribution in [0.3, 0.4) is 0 Å². The van der Waals surface area contributed by atoms with Gasteiger partial charge in [-0.25, -0.2) is 4.79 Å². The van der Waals surface area contributed by atoms with E-state index < -0.39 is 12.0 Å². The van der Waals surface area contributed by atoms with Crippen molar-refractivity contribution in [3.05, 3.63) is 0 Å². The minimum Gasteiger partial charge on any atom is -0.467 e. The first-order valence-electron chi connectivity index (χ1n) is 6.51. The van der Waals surface area contributed by atoms with Gasteiger partial charge in [0.1, 0.15) is 6.04 Å². The fourth-order valence-electron chi connectivity index (χ4n) is 2.32. The number of carbonyl (C=O) groups excluding carboxylic acids is 2. The largest absolute Gasteiger partial charge is 0.467 e. The van der Waals surface area contributed by atoms with Gasteiger partial charge < -0.3 is 15.8 Å². The second-order valence-electron chi connectivity index (χ2n) is 5.55. The number of amides is 1. The van der Waals surface area contributed by atoms with E-state index in [0.29, 0.717) is 13.0 Å². The van der Waals surface area contributed by atoms with E-state index in [2.05, 4.69) is 5.32 Å². The molecular weight excluding hydrogens is 232 g/mol. The average Bonchev–Trinajstić information content (AvgIpc) is 2.29. The Balaban J connectivity index is 2.53. The van der Waals surface area contributed by atoms with Crippen molar-refractivity contribution in [3.63, 3.8) is 0 Å². The Morgan fingerprint density at radius 1 is 1.39 bits per heavy atom. The third-order valence-corrected chi connectivity index (χ3v) is 3.82. The van der Waals surface area contributed by atoms with Gasteiger partial charge in [-0.05, 0) is 30.7 Å². The molecule has 0 aliphatic heterocycles. The van der Waals surface area contributed by atoms with Crippen molar-refractivity contribution in [3.8, 4) is 0 Å². The molecule has 1 rings (SSSR count). The summed E-state index contributed by atoms with van der Waals surface area (Å²) in [5, 5.41) is 2.76. The highest BCUT2D eigenvalue weighted by molar-refractivity contribution is 5.85. The van der Waals surface area contributed by atoms with Crippen molar-refractivity contribution in [2.75, 3.05) is 13.7 Å². The Labute approximate surface area is 108 Å². The molecule has 0 aromatic rings. The van der Waals surface area contributed by atoms with Crippen LogP contribution < -0.4 is 11.1 Å². The first-order valence-corrected chi connectivity index (χ1v) is 6.51. The highest BCUT2D eigenvalue weighted by Crippen LogP contribution is 2.42. The molecule has 3 N–H and O–H groups in total. The van der Waals surface area contributed by atoms with Crippen molar-refractivity contribution in [1.29, 1.82) is 0 Å². The van der Waals surface area contributed by atoms with E-state index in [4.69, 9.17) is 10.5 Å². The number of ether oxygens (including phenoxy) is 1. The minimum absolute atomic E-state index is 0.0108. The number of carbonyl (C=O) groups is 2. The lowest BCUT2D eigenvalue weighted by Crippen LogP contribution is -2.48. The second-order valence-corrected chi connectivity index (χ2v) is 5.55. The van der Waals surface area contributed by atoms with Crippen LogP contribution >= 0.6 is 0 Å². The van der Waals surface area contributed by atoms with Gasteiger partial charge in [0.2, 0.25) is 5.91 Å². The molecule has 104 valence electrons. The maximum absolute atomic E-state index is 12.0. The summed E-state index contributed by atoms with van der Waals surface area (Å²) in [7, 11) is 1.33. The molecule has 1 fully saturated rings. The van der Waals surface area contributed by atoms with Crippen LogP contribution in [0.1, 0.15) is 39.5 Å². The van der Waals surface area contributed by atoms with Crippen LogP contribution in [0, 0.1) is 11.3 Å². The first kappa shape index (κ1) is 15.0. The molecule has 1 amide bonds. The van der Waals surface area contributed by atoms with Gasteiger partial charge >= 0.3 is 5.97 Å². The summed E-state index contributed by atoms with van der Waals surface area (Å²) < 4.78 is 4.69. The summed E-state index contributed by atoms with van der Waals surface area (Å²) in [5.41, 5.74) is 5.68. The van der Waals surface area contributed by atoms with Crippen molar-refractivity contribution in [1.82, 2.24) is 5.32 Å². The normalized spacial score (nSPS) is 18.9. The maximum atomic E-state index is 12.0. The lowest BCUT2D eigenvalue weighted by molar-refractivity contribution is -0.146. The molecule has 5 heteroatoms. The van der Waals surface area contributed by atoms with Crippen molar-refractivity contribution in [2.24, 2.45) is 17.1 Å². The molecule has 0 saturated heterocycles. The molecule has 0 spiro atoms. The lowest BCUT2D eigenvalue weighted by atomic mass is 9.66. The third-order valence-electron chi connectivity index (χ3n) is 3.82. The first-order chi connectivity index (χ1) is 8.44. The van der Waals surface area contributed by atoms with Crippen LogP contribution in [0.25, 0.3) is 0 Å². The van der Waals surface area contributed by atoms with Crippen LogP contribution in [-0.4, -0.2) is 31.6 Å². The zero-order valence-corrected chi connectivity index (χ0v) is 11.5. The van der Waals surface area contributed by atoms with Gasteiger partial charge in [0.15, 0.2) is 0 Å². The highest BCUT2D eigenvalue weighted by atomic mass is 16.5. The van der Waals surface area contributed by atoms with Gasteiger partial charge in [0.25, 0.3) is 0 Å². The van der Waals surface area contributed by atoms with Crippen molar-refractivity contribution >= 4 is 11.9 Å². The van der Waals surface area contributed by atoms with Gasteiger partial charge in [-0.1, -0.05) is 20.3 Å². The van der Waals surface area contributed by atoms with E-state index in [9.17, 15) is 9.59 Å². The summed E-state index contributed by atoms with van der Waals surface area (Å²) in [6.07, 6.45) is 3.54. The number of nitrogens with one attached hydrogen (secondary N) is 1. The van der Waals surface area contributed by atoms with Gasteiger partial charge in [-0.2, -0.15) is 0 Å². The number of rotatable bonds is 6. The molecule has 0 bridgehead atoms. The SMILES string of the molecule is COC(=O)[C@@H](NC(=O)CC1(CN)CCC1)C(C)C. The molecule has 1 atom stereocenters. The van der Waals surface area contributed by atoms with Crippen LogP contribution in [-0.2, 0) is 14.3 Å². The number of hydrogen-bond donors (Lipinski definition) is 2. The minimum atomic E-state index is -0.572. The molecule has 1 aliphatic rings. The van der Waals surface area contributed by atoms with E-state index in [1.807, 2.05) is 13.8 Å². The van der Waals surface area contributed by atoms with Crippen LogP contribution in [0.15, 0.2) is 0 Å². The van der Waals surface area contributed by atoms with Crippen LogP contribution in [0.5, 0.6) is 0 Å². The Morgan fingerprint density at radius 3 is 2.33 bits per heavy atom. The Hall–Kier alpha value is -1.10. The van der Waals surface area contributed by atoms with E-state index >= 15 is 0 Å². The summed E-state index contributed by atoms with van der Waals surface area (Å²) in [5.74, 6) is -0.491. The lowest BCUT2D eigenvalue weighted by Gasteiger charge is -2.40. The average molecular weight is 256 g/mol. The molecule has 1 saturated carbocycles. The number of methoxy groups -OCH3 is 1. The number of esters is 1. The number of hydrogen-bond acceptors (Lipinski definition) is 4. The molecule has 18 heavy (non-hydrogen) atoms. The van der Waals surface area contributed by atoms with E-state index in [0.717, 1.165) is 19.3 Å². The molecule has 0 radical (unpaired) electrons. The van der Waals surface area contributed by atoms with E-state index in [1.165, 1.54) is 7.11 Å². The van der Waals surface area contributed by atoms with Gasteiger partial charge in [0, 0.05) is 6.42 Å². The summed E-state index contributed by atoms with van der Waals surface area (Å²) in [4.78, 5) is 23.5. The summed E-state index contributed by atoms with van der Waals surface area (Å²) in [6, 6.07) is -0.572. The van der Waals surface area contributed by atoms with Crippen LogP contribution in [0.4, 0.5) is 0 Å². The quantitative estimate of drug-likeness (QED) is 0.689. The predicted molar refractivity (Wildman–Crippen MR) is 68.7 cm³/mol. The zero-order chi connectivity index (χ0) is 13.8. The maximum Gasteiger partial charge on any atom is 0.328 e. The molecule has 0 aromatic carbocycles. The second kappa shape index (κ2) is 6.18. The zero-order valence-electron chi connectivity index (χ0n) is 11.5. The molecular formula is C13H24N2O3. The standard InChI is InChI=1S/C13H24N2O3/c1-9(2)11(12(17)18-3)15-10(16)7-13(8-14)5-4-6-13/h9,11H,4-8,14H2,1-3H3,(H,15,16)/t11-/m0/s1. The molecule has 0 unspecified atom stereocenters. The molecule has 1 aliphatic carbocycles. The monoisotopic (exact) mass is 256 g/mol. The molecule has 5 nitrogen and oxygen atoms in total. The topological polar surface area (TPSA) is 81.4 Å². The van der Waals surface area contributed by atoms with E-state index in [1.54, 1.807) is 0 Å². The highest BCUT2D eigenvalue weighted by Gasteiger charge is 2.38. The summed E-state index contributed by atoms with van der Waals surface area (Å²) in [6.45, 7) is 4.29. The van der Waals surface area contributed by atoms with Gasteiger partial charge in [-0.15, -0.1) is 0 Å². The Kier molecular flexibility index (Phi) is 5.14. The summed E-state index contributed by atoms with van der Waals surface area (Å²) >= 11 is 0. The van der Waals surface area contributed by atoms with Gasteiger partial charge in [0.05, 0.1) is 7.11 Å². The number of nitrogens with two attached hydrogens (primary N) is 1. The van der Waals surface area contributed by atoms with Crippen molar-refractivity contribution in [2.45, 2.75) is 45.6 Å². The smallest absolute Gasteiger partial charge is 0.328 e. The van der Waals surface area contributed by atoms with Gasteiger partial charge in [-0.3, -0.25) is 4.79 Å². The third kappa shape index (κ3) is 3.45. The molecule has 0 aromatic heterocycles. The van der Waals surface area contributed by atoms with Crippen LogP contribution in [0.2, 0.25) is 0 Å². The molecule has 0 heterocycles. The fourth-order valence-corrected chi connectivity index (χ4v) is 2.32.